The smallest absolute Gasteiger partial charge is 0.255 e. The summed E-state index contributed by atoms with van der Waals surface area (Å²) in [5.74, 6) is 0.242. The standard InChI is InChI=1S/C18H25N3O2/c19-12-13-6-5-8-14(13)17(22)20-16-9-2-1-7-15(16)18(23)21-10-3-4-11-21/h1-2,7,9,13-14H,3-6,8,10-12,19H2,(H,20,22)/t13-,14-/m1/s1. The molecule has 0 aromatic heterocycles. The predicted molar refractivity (Wildman–Crippen MR) is 90.1 cm³/mol. The number of benzene rings is 1. The van der Waals surface area contributed by atoms with Crippen LogP contribution in [0.3, 0.4) is 0 Å². The average Bonchev–Trinajstić information content (AvgIpc) is 3.26. The topological polar surface area (TPSA) is 75.4 Å². The summed E-state index contributed by atoms with van der Waals surface area (Å²) in [6.07, 6.45) is 5.06. The van der Waals surface area contributed by atoms with E-state index in [4.69, 9.17) is 5.73 Å². The molecule has 2 fully saturated rings. The summed E-state index contributed by atoms with van der Waals surface area (Å²) in [5.41, 5.74) is 6.99. The van der Waals surface area contributed by atoms with E-state index in [2.05, 4.69) is 5.32 Å². The van der Waals surface area contributed by atoms with E-state index in [1.54, 1.807) is 6.07 Å². The molecular formula is C18H25N3O2. The number of likely N-dealkylation sites (tertiary alicyclic amines) is 1. The Labute approximate surface area is 137 Å². The van der Waals surface area contributed by atoms with E-state index < -0.39 is 0 Å². The van der Waals surface area contributed by atoms with Crippen molar-refractivity contribution in [2.45, 2.75) is 32.1 Å². The number of hydrogen-bond donors (Lipinski definition) is 2. The first-order chi connectivity index (χ1) is 11.2. The van der Waals surface area contributed by atoms with Crippen LogP contribution in [-0.4, -0.2) is 36.3 Å². The van der Waals surface area contributed by atoms with Crippen LogP contribution >= 0.6 is 0 Å². The molecular weight excluding hydrogens is 290 g/mol. The Kier molecular flexibility index (Phi) is 4.96. The normalized spacial score (nSPS) is 24.0. The third kappa shape index (κ3) is 3.39. The number of amides is 2. The minimum Gasteiger partial charge on any atom is -0.339 e. The molecule has 0 unspecified atom stereocenters. The lowest BCUT2D eigenvalue weighted by molar-refractivity contribution is -0.120. The lowest BCUT2D eigenvalue weighted by Gasteiger charge is -2.20. The molecule has 1 aromatic carbocycles. The fourth-order valence-corrected chi connectivity index (χ4v) is 3.76. The Morgan fingerprint density at radius 1 is 1.13 bits per heavy atom. The first-order valence-electron chi connectivity index (χ1n) is 8.60. The van der Waals surface area contributed by atoms with Gasteiger partial charge in [0, 0.05) is 19.0 Å². The molecule has 1 aliphatic carbocycles. The summed E-state index contributed by atoms with van der Waals surface area (Å²) in [4.78, 5) is 27.1. The third-order valence-electron chi connectivity index (χ3n) is 5.11. The van der Waals surface area contributed by atoms with Gasteiger partial charge in [-0.15, -0.1) is 0 Å². The summed E-state index contributed by atoms with van der Waals surface area (Å²) in [6, 6.07) is 7.31. The summed E-state index contributed by atoms with van der Waals surface area (Å²) in [5, 5.41) is 2.98. The Hall–Kier alpha value is -1.88. The van der Waals surface area contributed by atoms with Crippen molar-refractivity contribution >= 4 is 17.5 Å². The molecule has 1 aliphatic heterocycles. The molecule has 1 saturated heterocycles. The van der Waals surface area contributed by atoms with Crippen molar-refractivity contribution in [3.05, 3.63) is 29.8 Å². The van der Waals surface area contributed by atoms with Gasteiger partial charge in [-0.1, -0.05) is 18.6 Å². The summed E-state index contributed by atoms with van der Waals surface area (Å²) < 4.78 is 0. The number of nitrogens with two attached hydrogens (primary N) is 1. The quantitative estimate of drug-likeness (QED) is 0.894. The molecule has 0 spiro atoms. The van der Waals surface area contributed by atoms with E-state index in [-0.39, 0.29) is 23.7 Å². The van der Waals surface area contributed by atoms with Gasteiger partial charge in [-0.05, 0) is 50.3 Å². The second-order valence-electron chi connectivity index (χ2n) is 6.57. The van der Waals surface area contributed by atoms with Gasteiger partial charge < -0.3 is 16.0 Å². The number of anilines is 1. The number of rotatable bonds is 4. The van der Waals surface area contributed by atoms with Crippen molar-refractivity contribution in [2.75, 3.05) is 25.0 Å². The largest absolute Gasteiger partial charge is 0.339 e. The van der Waals surface area contributed by atoms with Crippen molar-refractivity contribution in [2.24, 2.45) is 17.6 Å². The second kappa shape index (κ2) is 7.13. The van der Waals surface area contributed by atoms with Gasteiger partial charge in [0.2, 0.25) is 5.91 Å². The van der Waals surface area contributed by atoms with Crippen molar-refractivity contribution < 1.29 is 9.59 Å². The van der Waals surface area contributed by atoms with E-state index in [0.29, 0.717) is 17.8 Å². The molecule has 2 aliphatic rings. The zero-order valence-electron chi connectivity index (χ0n) is 13.5. The number of hydrogen-bond acceptors (Lipinski definition) is 3. The van der Waals surface area contributed by atoms with Crippen LogP contribution in [0.4, 0.5) is 5.69 Å². The SMILES string of the molecule is NC[C@H]1CCC[C@H]1C(=O)Nc1ccccc1C(=O)N1CCCC1. The molecule has 1 saturated carbocycles. The zero-order chi connectivity index (χ0) is 16.2. The summed E-state index contributed by atoms with van der Waals surface area (Å²) in [6.45, 7) is 2.16. The van der Waals surface area contributed by atoms with Crippen LogP contribution in [0.5, 0.6) is 0 Å². The van der Waals surface area contributed by atoms with E-state index in [9.17, 15) is 9.59 Å². The molecule has 5 heteroatoms. The van der Waals surface area contributed by atoms with Crippen LogP contribution < -0.4 is 11.1 Å². The number of carbonyl (C=O) groups is 2. The molecule has 0 radical (unpaired) electrons. The lowest BCUT2D eigenvalue weighted by Crippen LogP contribution is -2.32. The van der Waals surface area contributed by atoms with Crippen molar-refractivity contribution in [3.63, 3.8) is 0 Å². The van der Waals surface area contributed by atoms with Crippen molar-refractivity contribution in [1.82, 2.24) is 4.90 Å². The number of para-hydroxylation sites is 1. The van der Waals surface area contributed by atoms with Crippen LogP contribution in [0.2, 0.25) is 0 Å². The second-order valence-corrected chi connectivity index (χ2v) is 6.57. The van der Waals surface area contributed by atoms with Gasteiger partial charge in [0.25, 0.3) is 5.91 Å². The maximum absolute atomic E-state index is 12.6. The highest BCUT2D eigenvalue weighted by atomic mass is 16.2. The van der Waals surface area contributed by atoms with Crippen molar-refractivity contribution in [3.8, 4) is 0 Å². The Morgan fingerprint density at radius 2 is 1.87 bits per heavy atom. The summed E-state index contributed by atoms with van der Waals surface area (Å²) >= 11 is 0. The highest BCUT2D eigenvalue weighted by Gasteiger charge is 2.32. The van der Waals surface area contributed by atoms with Gasteiger partial charge in [-0.25, -0.2) is 0 Å². The molecule has 124 valence electrons. The molecule has 1 aromatic rings. The molecule has 3 rings (SSSR count). The van der Waals surface area contributed by atoms with Gasteiger partial charge in [-0.3, -0.25) is 9.59 Å². The molecule has 5 nitrogen and oxygen atoms in total. The molecule has 2 atom stereocenters. The first kappa shape index (κ1) is 16.0. The third-order valence-corrected chi connectivity index (χ3v) is 5.11. The Balaban J connectivity index is 1.75. The molecule has 0 bridgehead atoms. The van der Waals surface area contributed by atoms with Crippen LogP contribution in [0.15, 0.2) is 24.3 Å². The fourth-order valence-electron chi connectivity index (χ4n) is 3.76. The van der Waals surface area contributed by atoms with E-state index in [1.807, 2.05) is 23.1 Å². The predicted octanol–water partition coefficient (Wildman–Crippen LogP) is 2.24. The molecule has 1 heterocycles. The monoisotopic (exact) mass is 315 g/mol. The lowest BCUT2D eigenvalue weighted by atomic mass is 9.95. The number of nitrogens with one attached hydrogen (secondary N) is 1. The maximum atomic E-state index is 12.6. The van der Waals surface area contributed by atoms with Gasteiger partial charge in [-0.2, -0.15) is 0 Å². The van der Waals surface area contributed by atoms with E-state index in [1.165, 1.54) is 0 Å². The minimum absolute atomic E-state index is 0.000350. The molecule has 3 N–H and O–H groups in total. The Bertz CT molecular complexity index is 581. The van der Waals surface area contributed by atoms with Gasteiger partial charge in [0.15, 0.2) is 0 Å². The minimum atomic E-state index is -0.0325. The fraction of sp³-hybridized carbons (Fsp3) is 0.556. The van der Waals surface area contributed by atoms with Crippen molar-refractivity contribution in [1.29, 1.82) is 0 Å². The maximum Gasteiger partial charge on any atom is 0.255 e. The summed E-state index contributed by atoms with van der Waals surface area (Å²) in [7, 11) is 0. The molecule has 23 heavy (non-hydrogen) atoms. The van der Waals surface area contributed by atoms with E-state index in [0.717, 1.165) is 45.2 Å². The van der Waals surface area contributed by atoms with Crippen LogP contribution in [0.25, 0.3) is 0 Å². The molecule has 2 amide bonds. The average molecular weight is 315 g/mol. The van der Waals surface area contributed by atoms with Crippen LogP contribution in [0, 0.1) is 11.8 Å². The van der Waals surface area contributed by atoms with E-state index >= 15 is 0 Å². The van der Waals surface area contributed by atoms with Gasteiger partial charge >= 0.3 is 0 Å². The first-order valence-corrected chi connectivity index (χ1v) is 8.60. The highest BCUT2D eigenvalue weighted by molar-refractivity contribution is 6.04. The van der Waals surface area contributed by atoms with Crippen LogP contribution in [-0.2, 0) is 4.79 Å². The zero-order valence-corrected chi connectivity index (χ0v) is 13.5. The Morgan fingerprint density at radius 3 is 2.61 bits per heavy atom. The van der Waals surface area contributed by atoms with Gasteiger partial charge in [0.05, 0.1) is 11.3 Å². The number of nitrogens with zero attached hydrogens (tertiary/aromatic N) is 1. The van der Waals surface area contributed by atoms with Gasteiger partial charge in [0.1, 0.15) is 0 Å². The number of carbonyl (C=O) groups excluding carboxylic acids is 2. The highest BCUT2D eigenvalue weighted by Crippen LogP contribution is 2.32. The van der Waals surface area contributed by atoms with Crippen LogP contribution in [0.1, 0.15) is 42.5 Å².